The first-order valence-electron chi connectivity index (χ1n) is 11.4. The summed E-state index contributed by atoms with van der Waals surface area (Å²) in [7, 11) is 0. The summed E-state index contributed by atoms with van der Waals surface area (Å²) in [4.78, 5) is 19.2. The minimum atomic E-state index is -0.0978. The Balaban J connectivity index is 1.96. The second-order valence-electron chi connectivity index (χ2n) is 10.9. The van der Waals surface area contributed by atoms with E-state index in [-0.39, 0.29) is 16.6 Å². The molecule has 2 saturated heterocycles. The van der Waals surface area contributed by atoms with Crippen LogP contribution in [0.4, 0.5) is 11.4 Å². The van der Waals surface area contributed by atoms with E-state index < -0.39 is 0 Å². The van der Waals surface area contributed by atoms with E-state index in [2.05, 4.69) is 87.7 Å². The first-order valence-corrected chi connectivity index (χ1v) is 11.4. The highest BCUT2D eigenvalue weighted by atomic mass is 16.1. The maximum absolute atomic E-state index is 14.5. The number of nitrogens with zero attached hydrogens (tertiary/aromatic N) is 2. The van der Waals surface area contributed by atoms with Crippen LogP contribution < -0.4 is 9.80 Å². The molecular formula is C27H36N2O. The highest BCUT2D eigenvalue weighted by molar-refractivity contribution is 6.17. The summed E-state index contributed by atoms with van der Waals surface area (Å²) >= 11 is 0. The number of carbonyl (C=O) groups is 1. The fourth-order valence-corrected chi connectivity index (χ4v) is 4.57. The highest BCUT2D eigenvalue weighted by Crippen LogP contribution is 2.40. The van der Waals surface area contributed by atoms with Gasteiger partial charge in [0, 0.05) is 48.7 Å². The number of hydrogen-bond acceptors (Lipinski definition) is 3. The molecule has 2 aliphatic heterocycles. The maximum atomic E-state index is 14.5. The van der Waals surface area contributed by atoms with Crippen LogP contribution in [-0.2, 0) is 10.8 Å². The quantitative estimate of drug-likeness (QED) is 0.590. The SMILES string of the molecule is CC(C)(C)c1cccc(N2CCC2)c1C(=O)c1c(N2CCC2)cccc1C(C)(C)C. The second kappa shape index (κ2) is 7.44. The molecule has 3 heteroatoms. The van der Waals surface area contributed by atoms with Gasteiger partial charge in [-0.05, 0) is 46.9 Å². The van der Waals surface area contributed by atoms with Crippen molar-refractivity contribution in [2.24, 2.45) is 0 Å². The van der Waals surface area contributed by atoms with E-state index in [0.717, 1.165) is 59.8 Å². The topological polar surface area (TPSA) is 23.6 Å². The number of rotatable bonds is 4. The largest absolute Gasteiger partial charge is 0.371 e. The van der Waals surface area contributed by atoms with Crippen molar-refractivity contribution >= 4 is 17.2 Å². The molecule has 160 valence electrons. The van der Waals surface area contributed by atoms with E-state index in [9.17, 15) is 4.79 Å². The van der Waals surface area contributed by atoms with Crippen LogP contribution in [0.2, 0.25) is 0 Å². The summed E-state index contributed by atoms with van der Waals surface area (Å²) in [6.07, 6.45) is 2.40. The highest BCUT2D eigenvalue weighted by Gasteiger charge is 2.34. The smallest absolute Gasteiger partial charge is 0.197 e. The van der Waals surface area contributed by atoms with Gasteiger partial charge >= 0.3 is 0 Å². The molecule has 0 atom stereocenters. The zero-order valence-corrected chi connectivity index (χ0v) is 19.5. The van der Waals surface area contributed by atoms with Gasteiger partial charge in [0.25, 0.3) is 0 Å². The molecular weight excluding hydrogens is 368 g/mol. The molecule has 0 bridgehead atoms. The normalized spacial score (nSPS) is 16.9. The molecule has 0 spiro atoms. The van der Waals surface area contributed by atoms with Crippen LogP contribution in [0.5, 0.6) is 0 Å². The van der Waals surface area contributed by atoms with Crippen molar-refractivity contribution in [1.82, 2.24) is 0 Å². The molecule has 2 heterocycles. The third-order valence-corrected chi connectivity index (χ3v) is 6.55. The third-order valence-electron chi connectivity index (χ3n) is 6.55. The Morgan fingerprint density at radius 1 is 0.667 bits per heavy atom. The molecule has 2 aliphatic rings. The molecule has 0 amide bonds. The van der Waals surface area contributed by atoms with Gasteiger partial charge in [0.05, 0.1) is 0 Å². The lowest BCUT2D eigenvalue weighted by Crippen LogP contribution is -2.40. The summed E-state index contributed by atoms with van der Waals surface area (Å²) in [5.74, 6) is 0.190. The summed E-state index contributed by atoms with van der Waals surface area (Å²) in [5, 5.41) is 0. The van der Waals surface area contributed by atoms with Crippen molar-refractivity contribution in [2.45, 2.75) is 65.2 Å². The number of anilines is 2. The van der Waals surface area contributed by atoms with Gasteiger partial charge in [0.1, 0.15) is 0 Å². The van der Waals surface area contributed by atoms with Crippen LogP contribution >= 0.6 is 0 Å². The monoisotopic (exact) mass is 404 g/mol. The molecule has 2 aromatic carbocycles. The summed E-state index contributed by atoms with van der Waals surface area (Å²) < 4.78 is 0. The number of ketones is 1. The van der Waals surface area contributed by atoms with Crippen molar-refractivity contribution < 1.29 is 4.79 Å². The molecule has 2 fully saturated rings. The third kappa shape index (κ3) is 3.64. The van der Waals surface area contributed by atoms with Gasteiger partial charge in [-0.15, -0.1) is 0 Å². The molecule has 0 saturated carbocycles. The zero-order valence-electron chi connectivity index (χ0n) is 19.5. The van der Waals surface area contributed by atoms with Gasteiger partial charge in [-0.3, -0.25) is 4.79 Å². The van der Waals surface area contributed by atoms with Crippen LogP contribution in [0.25, 0.3) is 0 Å². The van der Waals surface area contributed by atoms with Crippen molar-refractivity contribution in [2.75, 3.05) is 36.0 Å². The van der Waals surface area contributed by atoms with Crippen LogP contribution in [0.3, 0.4) is 0 Å². The molecule has 0 aromatic heterocycles. The molecule has 0 N–H and O–H groups in total. The molecule has 2 aromatic rings. The van der Waals surface area contributed by atoms with E-state index >= 15 is 0 Å². The lowest BCUT2D eigenvalue weighted by Gasteiger charge is -2.38. The van der Waals surface area contributed by atoms with Gasteiger partial charge in [0.15, 0.2) is 5.78 Å². The van der Waals surface area contributed by atoms with Crippen molar-refractivity contribution in [1.29, 1.82) is 0 Å². The summed E-state index contributed by atoms with van der Waals surface area (Å²) in [5.41, 5.74) is 6.13. The molecule has 4 rings (SSSR count). The number of hydrogen-bond donors (Lipinski definition) is 0. The van der Waals surface area contributed by atoms with E-state index in [1.165, 1.54) is 12.8 Å². The first-order chi connectivity index (χ1) is 14.1. The molecule has 30 heavy (non-hydrogen) atoms. The zero-order chi connectivity index (χ0) is 21.7. The van der Waals surface area contributed by atoms with Gasteiger partial charge in [-0.2, -0.15) is 0 Å². The average molecular weight is 405 g/mol. The van der Waals surface area contributed by atoms with E-state index in [1.807, 2.05) is 0 Å². The fraction of sp³-hybridized carbons (Fsp3) is 0.519. The lowest BCUT2D eigenvalue weighted by atomic mass is 9.77. The predicted molar refractivity (Wildman–Crippen MR) is 127 cm³/mol. The minimum absolute atomic E-state index is 0.0978. The van der Waals surface area contributed by atoms with Crippen LogP contribution in [0, 0.1) is 0 Å². The second-order valence-corrected chi connectivity index (χ2v) is 10.9. The van der Waals surface area contributed by atoms with Crippen LogP contribution in [0.1, 0.15) is 81.4 Å². The Labute approximate surface area is 182 Å². The van der Waals surface area contributed by atoms with Gasteiger partial charge in [0.2, 0.25) is 0 Å². The van der Waals surface area contributed by atoms with Crippen molar-refractivity contribution in [3.8, 4) is 0 Å². The van der Waals surface area contributed by atoms with E-state index in [1.54, 1.807) is 0 Å². The Bertz CT molecular complexity index is 876. The maximum Gasteiger partial charge on any atom is 0.197 e. The van der Waals surface area contributed by atoms with Crippen molar-refractivity contribution in [3.63, 3.8) is 0 Å². The minimum Gasteiger partial charge on any atom is -0.371 e. The Morgan fingerprint density at radius 2 is 1.03 bits per heavy atom. The van der Waals surface area contributed by atoms with Crippen LogP contribution in [0.15, 0.2) is 36.4 Å². The average Bonchev–Trinajstić information content (AvgIpc) is 2.56. The standard InChI is InChI=1S/C27H36N2O/c1-26(2,3)19-11-7-13-21(28-15-9-16-28)23(19)25(30)24-20(27(4,5)6)12-8-14-22(24)29-17-10-18-29/h7-8,11-14H,9-10,15-18H2,1-6H3. The number of carbonyl (C=O) groups excluding carboxylic acids is 1. The van der Waals surface area contributed by atoms with Gasteiger partial charge in [-0.1, -0.05) is 65.8 Å². The molecule has 0 radical (unpaired) electrons. The fourth-order valence-electron chi connectivity index (χ4n) is 4.57. The molecule has 0 unspecified atom stereocenters. The predicted octanol–water partition coefficient (Wildman–Crippen LogP) is 5.93. The van der Waals surface area contributed by atoms with Gasteiger partial charge < -0.3 is 9.80 Å². The molecule has 3 nitrogen and oxygen atoms in total. The lowest BCUT2D eigenvalue weighted by molar-refractivity contribution is 0.103. The van der Waals surface area contributed by atoms with Gasteiger partial charge in [-0.25, -0.2) is 0 Å². The van der Waals surface area contributed by atoms with Crippen LogP contribution in [-0.4, -0.2) is 32.0 Å². The van der Waals surface area contributed by atoms with E-state index in [4.69, 9.17) is 0 Å². The Hall–Kier alpha value is -2.29. The Kier molecular flexibility index (Phi) is 5.20. The van der Waals surface area contributed by atoms with E-state index in [0.29, 0.717) is 0 Å². The number of benzene rings is 2. The summed E-state index contributed by atoms with van der Waals surface area (Å²) in [6.45, 7) is 17.4. The summed E-state index contributed by atoms with van der Waals surface area (Å²) in [6, 6.07) is 12.8. The first kappa shape index (κ1) is 21.0. The molecule has 0 aliphatic carbocycles. The Morgan fingerprint density at radius 3 is 1.30 bits per heavy atom. The van der Waals surface area contributed by atoms with Crippen molar-refractivity contribution in [3.05, 3.63) is 58.7 Å².